The van der Waals surface area contributed by atoms with Crippen molar-refractivity contribution in [2.75, 3.05) is 38.1 Å². The normalized spacial score (nSPS) is 22.4. The Morgan fingerprint density at radius 2 is 2.38 bits per heavy atom. The van der Waals surface area contributed by atoms with Crippen LogP contribution in [0.3, 0.4) is 0 Å². The summed E-state index contributed by atoms with van der Waals surface area (Å²) in [4.78, 5) is 12.6. The van der Waals surface area contributed by atoms with Crippen LogP contribution in [0.2, 0.25) is 5.02 Å². The lowest BCUT2D eigenvalue weighted by Gasteiger charge is -2.40. The van der Waals surface area contributed by atoms with Gasteiger partial charge in [-0.05, 0) is 7.05 Å². The van der Waals surface area contributed by atoms with Gasteiger partial charge in [0.1, 0.15) is 11.3 Å². The number of hydrogen-bond acceptors (Lipinski definition) is 5. The molecule has 0 amide bonds. The second-order valence-electron chi connectivity index (χ2n) is 4.04. The fourth-order valence-electron chi connectivity index (χ4n) is 2.01. The third kappa shape index (κ3) is 2.26. The van der Waals surface area contributed by atoms with Crippen LogP contribution in [0.1, 0.15) is 0 Å². The van der Waals surface area contributed by atoms with Gasteiger partial charge in [0.2, 0.25) is 0 Å². The Bertz CT molecular complexity index is 359. The highest BCUT2D eigenvalue weighted by molar-refractivity contribution is 6.32. The van der Waals surface area contributed by atoms with Gasteiger partial charge < -0.3 is 15.5 Å². The van der Waals surface area contributed by atoms with Crippen LogP contribution in [-0.2, 0) is 0 Å². The lowest BCUT2D eigenvalue weighted by Crippen LogP contribution is -2.55. The summed E-state index contributed by atoms with van der Waals surface area (Å²) < 4.78 is 0. The van der Waals surface area contributed by atoms with Gasteiger partial charge in [0.05, 0.1) is 12.2 Å². The lowest BCUT2D eigenvalue weighted by atomic mass is 10.1. The van der Waals surface area contributed by atoms with Gasteiger partial charge >= 0.3 is 0 Å². The molecule has 0 aliphatic carbocycles. The summed E-state index contributed by atoms with van der Waals surface area (Å²) in [5, 5.41) is 0.588. The largest absolute Gasteiger partial charge is 0.348 e. The molecule has 0 radical (unpaired) electrons. The molecule has 1 unspecified atom stereocenters. The highest BCUT2D eigenvalue weighted by atomic mass is 35.5. The van der Waals surface area contributed by atoms with Crippen LogP contribution in [-0.4, -0.2) is 54.1 Å². The van der Waals surface area contributed by atoms with Crippen LogP contribution >= 0.6 is 11.6 Å². The summed E-state index contributed by atoms with van der Waals surface area (Å²) in [5.74, 6) is 0.792. The zero-order chi connectivity index (χ0) is 11.5. The molecule has 2 N–H and O–H groups in total. The molecular weight excluding hydrogens is 226 g/mol. The van der Waals surface area contributed by atoms with Gasteiger partial charge in [-0.3, -0.25) is 0 Å². The minimum Gasteiger partial charge on any atom is -0.348 e. The highest BCUT2D eigenvalue weighted by Gasteiger charge is 2.26. The molecule has 2 heterocycles. The molecule has 0 saturated carbocycles. The van der Waals surface area contributed by atoms with Crippen LogP contribution in [0.25, 0.3) is 0 Å². The van der Waals surface area contributed by atoms with Gasteiger partial charge in [-0.15, -0.1) is 0 Å². The molecule has 1 atom stereocenters. The van der Waals surface area contributed by atoms with Gasteiger partial charge in [-0.1, -0.05) is 11.6 Å². The Balaban J connectivity index is 2.22. The number of rotatable bonds is 2. The highest BCUT2D eigenvalue weighted by Crippen LogP contribution is 2.24. The van der Waals surface area contributed by atoms with E-state index in [9.17, 15) is 0 Å². The van der Waals surface area contributed by atoms with E-state index in [-0.39, 0.29) is 6.04 Å². The third-order valence-corrected chi connectivity index (χ3v) is 3.14. The average molecular weight is 242 g/mol. The monoisotopic (exact) mass is 241 g/mol. The number of hydrogen-bond donors (Lipinski definition) is 1. The van der Waals surface area contributed by atoms with E-state index in [1.165, 1.54) is 6.33 Å². The van der Waals surface area contributed by atoms with E-state index < -0.39 is 0 Å². The predicted octanol–water partition coefficient (Wildman–Crippen LogP) is 0.209. The van der Waals surface area contributed by atoms with Gasteiger partial charge in [-0.25, -0.2) is 9.97 Å². The van der Waals surface area contributed by atoms with Crippen molar-refractivity contribution in [3.63, 3.8) is 0 Å². The molecule has 16 heavy (non-hydrogen) atoms. The number of nitrogens with two attached hydrogens (primary N) is 1. The number of nitrogens with zero attached hydrogens (tertiary/aromatic N) is 4. The fourth-order valence-corrected chi connectivity index (χ4v) is 2.22. The van der Waals surface area contributed by atoms with Crippen molar-refractivity contribution < 1.29 is 0 Å². The fraction of sp³-hybridized carbons (Fsp3) is 0.600. The molecule has 1 aromatic heterocycles. The first-order valence-corrected chi connectivity index (χ1v) is 5.71. The molecular formula is C10H16ClN5. The molecule has 6 heteroatoms. The summed E-state index contributed by atoms with van der Waals surface area (Å²) in [6.07, 6.45) is 3.14. The maximum absolute atomic E-state index is 6.10. The number of anilines is 1. The van der Waals surface area contributed by atoms with Crippen LogP contribution in [0.15, 0.2) is 12.5 Å². The summed E-state index contributed by atoms with van der Waals surface area (Å²) >= 11 is 6.10. The van der Waals surface area contributed by atoms with E-state index in [0.29, 0.717) is 11.6 Å². The van der Waals surface area contributed by atoms with Crippen molar-refractivity contribution in [3.05, 3.63) is 17.5 Å². The third-order valence-electron chi connectivity index (χ3n) is 2.88. The lowest BCUT2D eigenvalue weighted by molar-refractivity contribution is 0.269. The van der Waals surface area contributed by atoms with E-state index in [1.807, 2.05) is 0 Å². The average Bonchev–Trinajstić information content (AvgIpc) is 2.30. The standard InChI is InChI=1S/C10H16ClN5/c1-15-2-3-16(8(4-12)6-15)10-9(11)5-13-7-14-10/h5,7-8H,2-4,6,12H2,1H3. The topological polar surface area (TPSA) is 58.3 Å². The van der Waals surface area contributed by atoms with Gasteiger partial charge in [0.25, 0.3) is 0 Å². The van der Waals surface area contributed by atoms with Crippen molar-refractivity contribution in [2.45, 2.75) is 6.04 Å². The molecule has 2 rings (SSSR count). The Hall–Kier alpha value is -0.910. The second kappa shape index (κ2) is 4.95. The molecule has 1 aromatic rings. The van der Waals surface area contributed by atoms with E-state index in [0.717, 1.165) is 25.5 Å². The first kappa shape index (κ1) is 11.6. The van der Waals surface area contributed by atoms with Crippen molar-refractivity contribution in [1.82, 2.24) is 14.9 Å². The molecule has 1 fully saturated rings. The maximum atomic E-state index is 6.10. The van der Waals surface area contributed by atoms with Crippen LogP contribution in [0.4, 0.5) is 5.82 Å². The maximum Gasteiger partial charge on any atom is 0.151 e. The van der Waals surface area contributed by atoms with E-state index in [2.05, 4.69) is 26.8 Å². The number of piperazine rings is 1. The molecule has 0 aromatic carbocycles. The van der Waals surface area contributed by atoms with Crippen molar-refractivity contribution in [2.24, 2.45) is 5.73 Å². The van der Waals surface area contributed by atoms with E-state index >= 15 is 0 Å². The van der Waals surface area contributed by atoms with Crippen LogP contribution in [0.5, 0.6) is 0 Å². The Morgan fingerprint density at radius 1 is 1.56 bits per heavy atom. The van der Waals surface area contributed by atoms with Crippen LogP contribution < -0.4 is 10.6 Å². The molecule has 1 saturated heterocycles. The molecule has 0 spiro atoms. The molecule has 0 bridgehead atoms. The molecule has 1 aliphatic rings. The summed E-state index contributed by atoms with van der Waals surface area (Å²) in [6.45, 7) is 3.44. The number of halogens is 1. The zero-order valence-electron chi connectivity index (χ0n) is 9.30. The number of likely N-dealkylation sites (N-methyl/N-ethyl adjacent to an activating group) is 1. The van der Waals surface area contributed by atoms with Crippen molar-refractivity contribution in [1.29, 1.82) is 0 Å². The zero-order valence-corrected chi connectivity index (χ0v) is 10.1. The predicted molar refractivity (Wildman–Crippen MR) is 64.7 cm³/mol. The van der Waals surface area contributed by atoms with Gasteiger partial charge in [0, 0.05) is 26.2 Å². The molecule has 88 valence electrons. The van der Waals surface area contributed by atoms with E-state index in [1.54, 1.807) is 6.20 Å². The van der Waals surface area contributed by atoms with Crippen molar-refractivity contribution in [3.8, 4) is 0 Å². The van der Waals surface area contributed by atoms with E-state index in [4.69, 9.17) is 17.3 Å². The smallest absolute Gasteiger partial charge is 0.151 e. The Kier molecular flexibility index (Phi) is 3.58. The second-order valence-corrected chi connectivity index (χ2v) is 4.45. The van der Waals surface area contributed by atoms with Gasteiger partial charge in [0.15, 0.2) is 5.82 Å². The Labute approximate surface area is 100 Å². The molecule has 1 aliphatic heterocycles. The Morgan fingerprint density at radius 3 is 3.06 bits per heavy atom. The molecule has 5 nitrogen and oxygen atoms in total. The minimum atomic E-state index is 0.270. The SMILES string of the molecule is CN1CCN(c2ncncc2Cl)C(CN)C1. The first-order valence-electron chi connectivity index (χ1n) is 5.33. The summed E-state index contributed by atoms with van der Waals surface area (Å²) in [5.41, 5.74) is 5.79. The first-order chi connectivity index (χ1) is 7.72. The van der Waals surface area contributed by atoms with Crippen LogP contribution in [0, 0.1) is 0 Å². The van der Waals surface area contributed by atoms with Gasteiger partial charge in [-0.2, -0.15) is 0 Å². The van der Waals surface area contributed by atoms with Crippen molar-refractivity contribution >= 4 is 17.4 Å². The summed E-state index contributed by atoms with van der Waals surface area (Å²) in [7, 11) is 2.10. The minimum absolute atomic E-state index is 0.270. The number of aromatic nitrogens is 2. The quantitative estimate of drug-likeness (QED) is 0.802. The summed E-state index contributed by atoms with van der Waals surface area (Å²) in [6, 6.07) is 0.270.